The number of benzene rings is 1. The number of nitrogens with zero attached hydrogens (tertiary/aromatic N) is 1. The summed E-state index contributed by atoms with van der Waals surface area (Å²) in [5, 5.41) is 2.97. The molecule has 1 heterocycles. The summed E-state index contributed by atoms with van der Waals surface area (Å²) in [5.41, 5.74) is 3.02. The van der Waals surface area contributed by atoms with Crippen molar-refractivity contribution in [1.82, 2.24) is 4.98 Å². The number of hydrogen-bond acceptors (Lipinski definition) is 5. The SMILES string of the molecule is COc1ccc(Nc2cccc(NN)n2)cc1F. The summed E-state index contributed by atoms with van der Waals surface area (Å²) < 4.78 is 18.3. The molecule has 18 heavy (non-hydrogen) atoms. The highest BCUT2D eigenvalue weighted by Crippen LogP contribution is 2.23. The quantitative estimate of drug-likeness (QED) is 0.571. The maximum Gasteiger partial charge on any atom is 0.167 e. The monoisotopic (exact) mass is 248 g/mol. The Morgan fingerprint density at radius 1 is 1.22 bits per heavy atom. The Morgan fingerprint density at radius 2 is 2.00 bits per heavy atom. The van der Waals surface area contributed by atoms with Gasteiger partial charge in [0.05, 0.1) is 7.11 Å². The predicted octanol–water partition coefficient (Wildman–Crippen LogP) is 2.26. The first-order valence-corrected chi connectivity index (χ1v) is 5.27. The van der Waals surface area contributed by atoms with Gasteiger partial charge in [0.15, 0.2) is 11.6 Å². The van der Waals surface area contributed by atoms with Crippen LogP contribution in [0, 0.1) is 5.82 Å². The molecule has 1 aromatic carbocycles. The molecular formula is C12H13FN4O. The Bertz CT molecular complexity index is 547. The number of nitrogens with two attached hydrogens (primary N) is 1. The number of methoxy groups -OCH3 is 1. The van der Waals surface area contributed by atoms with Crippen LogP contribution in [0.2, 0.25) is 0 Å². The predicted molar refractivity (Wildman–Crippen MR) is 68.3 cm³/mol. The van der Waals surface area contributed by atoms with Crippen LogP contribution in [0.25, 0.3) is 0 Å². The second kappa shape index (κ2) is 5.33. The minimum atomic E-state index is -0.435. The average molecular weight is 248 g/mol. The molecule has 0 fully saturated rings. The van der Waals surface area contributed by atoms with Crippen molar-refractivity contribution in [2.75, 3.05) is 17.9 Å². The van der Waals surface area contributed by atoms with Crippen molar-refractivity contribution in [2.45, 2.75) is 0 Å². The second-order valence-electron chi connectivity index (χ2n) is 3.53. The van der Waals surface area contributed by atoms with E-state index in [4.69, 9.17) is 10.6 Å². The fourth-order valence-electron chi connectivity index (χ4n) is 1.48. The third-order valence-corrected chi connectivity index (χ3v) is 2.32. The van der Waals surface area contributed by atoms with Crippen molar-refractivity contribution in [2.24, 2.45) is 5.84 Å². The molecule has 0 aliphatic heterocycles. The maximum absolute atomic E-state index is 13.5. The van der Waals surface area contributed by atoms with E-state index in [9.17, 15) is 4.39 Å². The summed E-state index contributed by atoms with van der Waals surface area (Å²) in [5.74, 6) is 6.11. The number of aromatic nitrogens is 1. The largest absolute Gasteiger partial charge is 0.494 e. The van der Waals surface area contributed by atoms with Crippen molar-refractivity contribution < 1.29 is 9.13 Å². The molecule has 1 aromatic heterocycles. The summed E-state index contributed by atoms with van der Waals surface area (Å²) in [6.45, 7) is 0. The van der Waals surface area contributed by atoms with Crippen LogP contribution in [0.3, 0.4) is 0 Å². The molecule has 0 radical (unpaired) electrons. The van der Waals surface area contributed by atoms with E-state index in [2.05, 4.69) is 15.7 Å². The molecule has 94 valence electrons. The van der Waals surface area contributed by atoms with Crippen molar-refractivity contribution in [3.05, 3.63) is 42.2 Å². The molecule has 2 aromatic rings. The van der Waals surface area contributed by atoms with E-state index in [-0.39, 0.29) is 5.75 Å². The van der Waals surface area contributed by atoms with Gasteiger partial charge in [0.25, 0.3) is 0 Å². The standard InChI is InChI=1S/C12H13FN4O/c1-18-10-6-5-8(7-9(10)13)15-11-3-2-4-12(16-11)17-14/h2-7H,14H2,1H3,(H2,15,16,17). The summed E-state index contributed by atoms with van der Waals surface area (Å²) in [4.78, 5) is 4.16. The van der Waals surface area contributed by atoms with Gasteiger partial charge in [-0.05, 0) is 24.3 Å². The van der Waals surface area contributed by atoms with Gasteiger partial charge in [0, 0.05) is 11.8 Å². The molecule has 5 nitrogen and oxygen atoms in total. The molecule has 4 N–H and O–H groups in total. The summed E-state index contributed by atoms with van der Waals surface area (Å²) in [7, 11) is 1.42. The lowest BCUT2D eigenvalue weighted by Gasteiger charge is -2.08. The first kappa shape index (κ1) is 12.1. The maximum atomic E-state index is 13.5. The van der Waals surface area contributed by atoms with E-state index in [1.807, 2.05) is 0 Å². The Morgan fingerprint density at radius 3 is 2.67 bits per heavy atom. The van der Waals surface area contributed by atoms with Gasteiger partial charge in [-0.2, -0.15) is 0 Å². The fraction of sp³-hybridized carbons (Fsp3) is 0.0833. The highest BCUT2D eigenvalue weighted by Gasteiger charge is 2.04. The van der Waals surface area contributed by atoms with E-state index in [1.165, 1.54) is 13.2 Å². The highest BCUT2D eigenvalue weighted by molar-refractivity contribution is 5.59. The molecule has 0 spiro atoms. The van der Waals surface area contributed by atoms with E-state index in [0.717, 1.165) is 0 Å². The smallest absolute Gasteiger partial charge is 0.167 e. The van der Waals surface area contributed by atoms with Crippen LogP contribution in [0.15, 0.2) is 36.4 Å². The molecule has 6 heteroatoms. The lowest BCUT2D eigenvalue weighted by molar-refractivity contribution is 0.386. The van der Waals surface area contributed by atoms with E-state index < -0.39 is 5.82 Å². The van der Waals surface area contributed by atoms with Gasteiger partial charge in [0.1, 0.15) is 11.6 Å². The number of halogens is 1. The first-order valence-electron chi connectivity index (χ1n) is 5.27. The fourth-order valence-corrected chi connectivity index (χ4v) is 1.48. The van der Waals surface area contributed by atoms with E-state index in [1.54, 1.807) is 30.3 Å². The van der Waals surface area contributed by atoms with Gasteiger partial charge in [-0.15, -0.1) is 0 Å². The van der Waals surface area contributed by atoms with Crippen LogP contribution < -0.4 is 21.3 Å². The van der Waals surface area contributed by atoms with Crippen LogP contribution in [0.1, 0.15) is 0 Å². The Kier molecular flexibility index (Phi) is 3.59. The van der Waals surface area contributed by atoms with Crippen molar-refractivity contribution >= 4 is 17.3 Å². The molecule has 0 amide bonds. The minimum Gasteiger partial charge on any atom is -0.494 e. The lowest BCUT2D eigenvalue weighted by atomic mass is 10.3. The number of rotatable bonds is 4. The third-order valence-electron chi connectivity index (χ3n) is 2.32. The third kappa shape index (κ3) is 2.67. The molecule has 0 unspecified atom stereocenters. The molecule has 0 atom stereocenters. The van der Waals surface area contributed by atoms with Crippen LogP contribution in [-0.2, 0) is 0 Å². The number of nitrogen functional groups attached to an aromatic ring is 1. The molecule has 0 aliphatic carbocycles. The van der Waals surface area contributed by atoms with Crippen molar-refractivity contribution in [3.8, 4) is 5.75 Å². The molecular weight excluding hydrogens is 235 g/mol. The highest BCUT2D eigenvalue weighted by atomic mass is 19.1. The van der Waals surface area contributed by atoms with Gasteiger partial charge in [0.2, 0.25) is 0 Å². The van der Waals surface area contributed by atoms with Crippen LogP contribution >= 0.6 is 0 Å². The Hall–Kier alpha value is -2.34. The molecule has 2 rings (SSSR count). The zero-order valence-electron chi connectivity index (χ0n) is 9.77. The van der Waals surface area contributed by atoms with E-state index >= 15 is 0 Å². The lowest BCUT2D eigenvalue weighted by Crippen LogP contribution is -2.08. The normalized spacial score (nSPS) is 9.94. The molecule has 0 saturated heterocycles. The van der Waals surface area contributed by atoms with Crippen molar-refractivity contribution in [1.29, 1.82) is 0 Å². The number of pyridine rings is 1. The summed E-state index contributed by atoms with van der Waals surface area (Å²) in [6, 6.07) is 9.84. The van der Waals surface area contributed by atoms with Crippen LogP contribution in [0.5, 0.6) is 5.75 Å². The summed E-state index contributed by atoms with van der Waals surface area (Å²) >= 11 is 0. The summed E-state index contributed by atoms with van der Waals surface area (Å²) in [6.07, 6.45) is 0. The number of anilines is 3. The van der Waals surface area contributed by atoms with E-state index in [0.29, 0.717) is 17.3 Å². The van der Waals surface area contributed by atoms with Crippen LogP contribution in [0.4, 0.5) is 21.7 Å². The van der Waals surface area contributed by atoms with Gasteiger partial charge in [-0.3, -0.25) is 0 Å². The van der Waals surface area contributed by atoms with Gasteiger partial charge in [-0.25, -0.2) is 15.2 Å². The zero-order valence-corrected chi connectivity index (χ0v) is 9.77. The minimum absolute atomic E-state index is 0.200. The average Bonchev–Trinajstić information content (AvgIpc) is 2.39. The molecule has 0 aliphatic rings. The first-order chi connectivity index (χ1) is 8.72. The Balaban J connectivity index is 2.20. The number of hydrazine groups is 1. The second-order valence-corrected chi connectivity index (χ2v) is 3.53. The molecule has 0 bridgehead atoms. The van der Waals surface area contributed by atoms with Gasteiger partial charge < -0.3 is 15.5 Å². The zero-order chi connectivity index (χ0) is 13.0. The topological polar surface area (TPSA) is 72.2 Å². The Labute approximate surface area is 104 Å². The van der Waals surface area contributed by atoms with Gasteiger partial charge >= 0.3 is 0 Å². The number of hydrogen-bond donors (Lipinski definition) is 3. The van der Waals surface area contributed by atoms with Crippen LogP contribution in [-0.4, -0.2) is 12.1 Å². The number of nitrogens with one attached hydrogen (secondary N) is 2. The van der Waals surface area contributed by atoms with Crippen molar-refractivity contribution in [3.63, 3.8) is 0 Å². The molecule has 0 saturated carbocycles. The van der Waals surface area contributed by atoms with Gasteiger partial charge in [-0.1, -0.05) is 6.07 Å². The number of ether oxygens (including phenoxy) is 1.